The first-order valence-electron chi connectivity index (χ1n) is 10.2. The predicted octanol–water partition coefficient (Wildman–Crippen LogP) is 5.07. The molecule has 11 heteroatoms. The Kier molecular flexibility index (Phi) is 7.01. The minimum Gasteiger partial charge on any atom is -0.379 e. The number of hydrogen-bond acceptors (Lipinski definition) is 8. The van der Waals surface area contributed by atoms with Gasteiger partial charge in [-0.15, -0.1) is 0 Å². The molecule has 1 amide bonds. The van der Waals surface area contributed by atoms with Gasteiger partial charge in [0.1, 0.15) is 15.0 Å². The Labute approximate surface area is 211 Å². The fourth-order valence-electron chi connectivity index (χ4n) is 3.29. The van der Waals surface area contributed by atoms with Crippen LogP contribution in [0.4, 0.5) is 5.69 Å². The van der Waals surface area contributed by atoms with Crippen molar-refractivity contribution in [3.63, 3.8) is 0 Å². The largest absolute Gasteiger partial charge is 0.379 e. The van der Waals surface area contributed by atoms with Crippen LogP contribution in [-0.4, -0.2) is 28.5 Å². The highest BCUT2D eigenvalue weighted by atomic mass is 32.2. The Morgan fingerprint density at radius 2 is 1.77 bits per heavy atom. The molecule has 1 saturated heterocycles. The Morgan fingerprint density at radius 3 is 2.43 bits per heavy atom. The van der Waals surface area contributed by atoms with Gasteiger partial charge in [-0.25, -0.2) is 0 Å². The van der Waals surface area contributed by atoms with E-state index >= 15 is 0 Å². The van der Waals surface area contributed by atoms with E-state index in [1.807, 2.05) is 30.3 Å². The molecule has 0 atom stereocenters. The lowest BCUT2D eigenvalue weighted by molar-refractivity contribution is -0.385. The smallest absolute Gasteiger partial charge is 0.339 e. The molecule has 0 radical (unpaired) electrons. The number of benzene rings is 3. The van der Waals surface area contributed by atoms with Crippen molar-refractivity contribution < 1.29 is 22.3 Å². The van der Waals surface area contributed by atoms with Gasteiger partial charge in [0.25, 0.3) is 11.6 Å². The quantitative estimate of drug-likeness (QED) is 0.138. The van der Waals surface area contributed by atoms with E-state index in [1.54, 1.807) is 18.2 Å². The monoisotopic (exact) mass is 526 g/mol. The third-order valence-electron chi connectivity index (χ3n) is 5.11. The fraction of sp³-hybridized carbons (Fsp3) is 0.0833. The number of amides is 1. The van der Waals surface area contributed by atoms with Gasteiger partial charge in [0.2, 0.25) is 0 Å². The van der Waals surface area contributed by atoms with Crippen LogP contribution in [-0.2, 0) is 21.5 Å². The zero-order valence-electron chi connectivity index (χ0n) is 18.3. The molecule has 1 fully saturated rings. The summed E-state index contributed by atoms with van der Waals surface area (Å²) >= 11 is 6.57. The van der Waals surface area contributed by atoms with Gasteiger partial charge in [-0.1, -0.05) is 72.5 Å². The fourth-order valence-corrected chi connectivity index (χ4v) is 5.50. The molecule has 4 rings (SSSR count). The molecule has 35 heavy (non-hydrogen) atoms. The molecule has 178 valence electrons. The van der Waals surface area contributed by atoms with E-state index in [9.17, 15) is 23.3 Å². The highest BCUT2D eigenvalue weighted by Gasteiger charge is 2.32. The summed E-state index contributed by atoms with van der Waals surface area (Å²) < 4.78 is 30.8. The summed E-state index contributed by atoms with van der Waals surface area (Å²) in [5, 5.41) is 11.1. The molecule has 0 aromatic heterocycles. The molecule has 0 saturated carbocycles. The summed E-state index contributed by atoms with van der Waals surface area (Å²) in [5.74, 6) is -0.172. The number of nitro benzene ring substituents is 1. The number of carbonyl (C=O) groups is 1. The molecule has 1 heterocycles. The third-order valence-corrected chi connectivity index (χ3v) is 7.73. The summed E-state index contributed by atoms with van der Waals surface area (Å²) in [7, 11) is -4.28. The number of rotatable bonds is 7. The van der Waals surface area contributed by atoms with Crippen molar-refractivity contribution in [2.45, 2.75) is 18.4 Å². The first kappa shape index (κ1) is 24.6. The number of thiocarbonyl (C=S) groups is 1. The summed E-state index contributed by atoms with van der Waals surface area (Å²) in [6.07, 6.45) is 1.67. The van der Waals surface area contributed by atoms with Crippen molar-refractivity contribution in [1.29, 1.82) is 0 Å². The standard InChI is InChI=1S/C24H18N2O6S3/c1-16-7-12-20(14-21(16)26(28)29)35(30,31)32-19-10-8-17(9-11-19)13-22-23(27)25(24(33)34-22)15-18-5-3-2-4-6-18/h2-14H,15H2,1H3/b22-13+. The van der Waals surface area contributed by atoms with Crippen LogP contribution >= 0.6 is 24.0 Å². The van der Waals surface area contributed by atoms with Crippen LogP contribution in [0, 0.1) is 17.0 Å². The van der Waals surface area contributed by atoms with E-state index in [4.69, 9.17) is 16.4 Å². The second-order valence-electron chi connectivity index (χ2n) is 7.57. The van der Waals surface area contributed by atoms with Crippen molar-refractivity contribution in [3.05, 3.63) is 105 Å². The summed E-state index contributed by atoms with van der Waals surface area (Å²) in [4.78, 5) is 25.0. The number of nitrogens with zero attached hydrogens (tertiary/aromatic N) is 2. The minimum absolute atomic E-state index is 0.0296. The van der Waals surface area contributed by atoms with Crippen LogP contribution in [0.3, 0.4) is 0 Å². The van der Waals surface area contributed by atoms with Crippen molar-refractivity contribution in [2.24, 2.45) is 0 Å². The van der Waals surface area contributed by atoms with Crippen LogP contribution in [0.2, 0.25) is 0 Å². The molecule has 0 spiro atoms. The van der Waals surface area contributed by atoms with Crippen LogP contribution < -0.4 is 4.18 Å². The molecular weight excluding hydrogens is 508 g/mol. The average molecular weight is 527 g/mol. The van der Waals surface area contributed by atoms with Crippen molar-refractivity contribution >= 4 is 56.1 Å². The molecule has 1 aliphatic rings. The van der Waals surface area contributed by atoms with Crippen LogP contribution in [0.25, 0.3) is 6.08 Å². The van der Waals surface area contributed by atoms with Crippen LogP contribution in [0.15, 0.2) is 82.6 Å². The van der Waals surface area contributed by atoms with E-state index in [-0.39, 0.29) is 22.2 Å². The normalized spacial score (nSPS) is 15.0. The van der Waals surface area contributed by atoms with E-state index in [0.717, 1.165) is 11.6 Å². The summed E-state index contributed by atoms with van der Waals surface area (Å²) in [6.45, 7) is 1.90. The van der Waals surface area contributed by atoms with Gasteiger partial charge in [-0.2, -0.15) is 8.42 Å². The molecule has 1 aliphatic heterocycles. The highest BCUT2D eigenvalue weighted by Crippen LogP contribution is 2.34. The van der Waals surface area contributed by atoms with Gasteiger partial charge in [0.05, 0.1) is 16.4 Å². The summed E-state index contributed by atoms with van der Waals surface area (Å²) in [5.41, 5.74) is 1.65. The maximum atomic E-state index is 12.8. The molecule has 0 N–H and O–H groups in total. The maximum absolute atomic E-state index is 12.8. The molecule has 3 aromatic rings. The number of nitro groups is 1. The Hall–Kier alpha value is -3.54. The molecule has 0 unspecified atom stereocenters. The topological polar surface area (TPSA) is 107 Å². The Bertz CT molecular complexity index is 1450. The van der Waals surface area contributed by atoms with Crippen LogP contribution in [0.5, 0.6) is 5.75 Å². The first-order chi connectivity index (χ1) is 16.6. The van der Waals surface area contributed by atoms with E-state index < -0.39 is 15.0 Å². The number of hydrogen-bond donors (Lipinski definition) is 0. The van der Waals surface area contributed by atoms with E-state index in [0.29, 0.717) is 26.9 Å². The second-order valence-corrected chi connectivity index (χ2v) is 10.8. The van der Waals surface area contributed by atoms with Gasteiger partial charge in [-0.3, -0.25) is 19.8 Å². The van der Waals surface area contributed by atoms with E-state index in [1.165, 1.54) is 47.9 Å². The Morgan fingerprint density at radius 1 is 1.09 bits per heavy atom. The molecule has 3 aromatic carbocycles. The van der Waals surface area contributed by atoms with Crippen molar-refractivity contribution in [1.82, 2.24) is 4.90 Å². The molecule has 8 nitrogen and oxygen atoms in total. The molecular formula is C24H18N2O6S3. The minimum atomic E-state index is -4.28. The van der Waals surface area contributed by atoms with Crippen molar-refractivity contribution in [3.8, 4) is 5.75 Å². The first-order valence-corrected chi connectivity index (χ1v) is 12.9. The lowest BCUT2D eigenvalue weighted by Gasteiger charge is -2.14. The maximum Gasteiger partial charge on any atom is 0.339 e. The highest BCUT2D eigenvalue weighted by molar-refractivity contribution is 8.26. The van der Waals surface area contributed by atoms with Gasteiger partial charge in [-0.05, 0) is 42.3 Å². The predicted molar refractivity (Wildman–Crippen MR) is 137 cm³/mol. The van der Waals surface area contributed by atoms with Gasteiger partial charge < -0.3 is 4.18 Å². The van der Waals surface area contributed by atoms with Crippen molar-refractivity contribution in [2.75, 3.05) is 0 Å². The molecule has 0 aliphatic carbocycles. The second kappa shape index (κ2) is 9.98. The summed E-state index contributed by atoms with van der Waals surface area (Å²) in [6, 6.07) is 19.2. The number of thioether (sulfide) groups is 1. The SMILES string of the molecule is Cc1ccc(S(=O)(=O)Oc2ccc(/C=C3/SC(=S)N(Cc4ccccc4)C3=O)cc2)cc1[N+](=O)[O-]. The zero-order chi connectivity index (χ0) is 25.2. The van der Waals surface area contributed by atoms with Gasteiger partial charge >= 0.3 is 10.1 Å². The third kappa shape index (κ3) is 5.59. The Balaban J connectivity index is 1.48. The molecule has 0 bridgehead atoms. The lowest BCUT2D eigenvalue weighted by Crippen LogP contribution is -2.27. The van der Waals surface area contributed by atoms with E-state index in [2.05, 4.69) is 0 Å². The number of carbonyl (C=O) groups excluding carboxylic acids is 1. The van der Waals surface area contributed by atoms with Gasteiger partial charge in [0, 0.05) is 11.6 Å². The average Bonchev–Trinajstić information content (AvgIpc) is 3.08. The zero-order valence-corrected chi connectivity index (χ0v) is 20.7. The van der Waals surface area contributed by atoms with Crippen LogP contribution in [0.1, 0.15) is 16.7 Å². The number of aryl methyl sites for hydroxylation is 1. The van der Waals surface area contributed by atoms with Gasteiger partial charge in [0.15, 0.2) is 0 Å². The lowest BCUT2D eigenvalue weighted by atomic mass is 10.2.